The third-order valence-corrected chi connectivity index (χ3v) is 8.48. The number of carbonyl (C=O) groups is 2. The Balaban J connectivity index is 1.85. The average Bonchev–Trinajstić information content (AvgIpc) is 3.30. The summed E-state index contributed by atoms with van der Waals surface area (Å²) in [4.78, 5) is 27.2. The maximum Gasteiger partial charge on any atom is 0.328 e. The van der Waals surface area contributed by atoms with Crippen molar-refractivity contribution in [3.05, 3.63) is 59.7 Å². The summed E-state index contributed by atoms with van der Waals surface area (Å²) in [5.41, 5.74) is 1.84. The molecule has 8 heteroatoms. The molecule has 0 saturated heterocycles. The molecule has 0 aliphatic heterocycles. The third kappa shape index (κ3) is 4.39. The topological polar surface area (TPSA) is 105 Å². The van der Waals surface area contributed by atoms with Crippen molar-refractivity contribution in [3.8, 4) is 6.07 Å². The predicted molar refractivity (Wildman–Crippen MR) is 120 cm³/mol. The lowest BCUT2D eigenvalue weighted by molar-refractivity contribution is -0.150. The zero-order chi connectivity index (χ0) is 23.4. The number of anilines is 1. The monoisotopic (exact) mass is 454 g/mol. The molecular weight excluding hydrogens is 428 g/mol. The summed E-state index contributed by atoms with van der Waals surface area (Å²) in [6.07, 6.45) is 1.46. The van der Waals surface area contributed by atoms with E-state index < -0.39 is 33.1 Å². The zero-order valence-corrected chi connectivity index (χ0v) is 19.0. The van der Waals surface area contributed by atoms with Gasteiger partial charge in [-0.05, 0) is 56.0 Å². The molecule has 1 saturated carbocycles. The van der Waals surface area contributed by atoms with Crippen LogP contribution in [0.1, 0.15) is 36.8 Å². The molecule has 0 aromatic heterocycles. The van der Waals surface area contributed by atoms with Gasteiger partial charge in [-0.2, -0.15) is 5.26 Å². The van der Waals surface area contributed by atoms with Crippen molar-refractivity contribution in [3.63, 3.8) is 0 Å². The lowest BCUT2D eigenvalue weighted by Gasteiger charge is -2.28. The van der Waals surface area contributed by atoms with E-state index in [-0.39, 0.29) is 24.3 Å². The fourth-order valence-corrected chi connectivity index (χ4v) is 6.43. The number of ether oxygens (including phenoxy) is 1. The molecule has 0 atom stereocenters. The van der Waals surface area contributed by atoms with Crippen LogP contribution >= 0.6 is 0 Å². The molecule has 1 aliphatic carbocycles. The van der Waals surface area contributed by atoms with Gasteiger partial charge in [-0.3, -0.25) is 14.5 Å². The number of carbonyl (C=O) groups excluding carboxylic acids is 2. The quantitative estimate of drug-likeness (QED) is 0.468. The van der Waals surface area contributed by atoms with E-state index in [2.05, 4.69) is 0 Å². The highest BCUT2D eigenvalue weighted by atomic mass is 32.2. The molecule has 0 heterocycles. The fraction of sp³-hybridized carbons (Fsp3) is 0.375. The van der Waals surface area contributed by atoms with E-state index in [0.29, 0.717) is 24.1 Å². The number of amides is 1. The van der Waals surface area contributed by atoms with Crippen molar-refractivity contribution >= 4 is 27.4 Å². The van der Waals surface area contributed by atoms with Crippen LogP contribution in [0.3, 0.4) is 0 Å². The molecule has 2 aromatic carbocycles. The van der Waals surface area contributed by atoms with Gasteiger partial charge in [0, 0.05) is 5.69 Å². The number of nitriles is 1. The molecule has 0 radical (unpaired) electrons. The predicted octanol–water partition coefficient (Wildman–Crippen LogP) is 3.49. The van der Waals surface area contributed by atoms with Crippen molar-refractivity contribution < 1.29 is 22.7 Å². The van der Waals surface area contributed by atoms with Gasteiger partial charge >= 0.3 is 5.97 Å². The SMILES string of the molecule is Cc1ccc(C)c(S(=O)(=O)C2(C(=O)OCC(=O)N(CC#N)c3ccccc3)CCCC2)c1. The number of nitrogens with zero attached hydrogens (tertiary/aromatic N) is 2. The number of aryl methyl sites for hydroxylation is 2. The van der Waals surface area contributed by atoms with E-state index in [1.807, 2.05) is 12.1 Å². The van der Waals surface area contributed by atoms with Crippen LogP contribution in [-0.2, 0) is 24.2 Å². The number of rotatable bonds is 7. The van der Waals surface area contributed by atoms with Crippen molar-refractivity contribution in [1.82, 2.24) is 0 Å². The molecule has 0 N–H and O–H groups in total. The summed E-state index contributed by atoms with van der Waals surface area (Å²) >= 11 is 0. The van der Waals surface area contributed by atoms with Crippen LogP contribution in [0.15, 0.2) is 53.4 Å². The highest BCUT2D eigenvalue weighted by molar-refractivity contribution is 7.93. The van der Waals surface area contributed by atoms with E-state index in [9.17, 15) is 18.0 Å². The Morgan fingerprint density at radius 1 is 1.09 bits per heavy atom. The Kier molecular flexibility index (Phi) is 6.99. The number of para-hydroxylation sites is 1. The molecule has 3 rings (SSSR count). The molecular formula is C24H26N2O5S. The molecule has 1 fully saturated rings. The Morgan fingerprint density at radius 2 is 1.75 bits per heavy atom. The number of benzene rings is 2. The number of hydrogen-bond donors (Lipinski definition) is 0. The van der Waals surface area contributed by atoms with Crippen molar-refractivity contribution in [1.29, 1.82) is 5.26 Å². The summed E-state index contributed by atoms with van der Waals surface area (Å²) in [6, 6.07) is 15.6. The lowest BCUT2D eigenvalue weighted by atomic mass is 10.1. The minimum absolute atomic E-state index is 0.123. The van der Waals surface area contributed by atoms with Crippen LogP contribution in [0, 0.1) is 25.2 Å². The highest BCUT2D eigenvalue weighted by Crippen LogP contribution is 2.42. The number of hydrogen-bond acceptors (Lipinski definition) is 6. The van der Waals surface area contributed by atoms with Gasteiger partial charge in [-0.25, -0.2) is 8.42 Å². The van der Waals surface area contributed by atoms with Crippen LogP contribution in [0.4, 0.5) is 5.69 Å². The van der Waals surface area contributed by atoms with E-state index in [0.717, 1.165) is 5.56 Å². The fourth-order valence-electron chi connectivity index (χ4n) is 4.07. The van der Waals surface area contributed by atoms with E-state index in [1.54, 1.807) is 56.3 Å². The standard InChI is InChI=1S/C24H26N2O5S/c1-18-10-11-19(2)21(16-18)32(29,30)24(12-6-7-13-24)23(28)31-17-22(27)26(15-14-25)20-8-4-3-5-9-20/h3-5,8-11,16H,6-7,12-13,15,17H2,1-2H3. The number of sulfone groups is 1. The first kappa shape index (κ1) is 23.5. The summed E-state index contributed by atoms with van der Waals surface area (Å²) in [7, 11) is -4.04. The van der Waals surface area contributed by atoms with Gasteiger partial charge in [0.2, 0.25) is 0 Å². The highest BCUT2D eigenvalue weighted by Gasteiger charge is 2.54. The average molecular weight is 455 g/mol. The largest absolute Gasteiger partial charge is 0.454 e. The first-order valence-electron chi connectivity index (χ1n) is 10.4. The van der Waals surface area contributed by atoms with Crippen LogP contribution in [0.25, 0.3) is 0 Å². The van der Waals surface area contributed by atoms with E-state index in [1.165, 1.54) is 4.90 Å². The Bertz CT molecular complexity index is 1150. The van der Waals surface area contributed by atoms with E-state index in [4.69, 9.17) is 10.00 Å². The number of esters is 1. The molecule has 32 heavy (non-hydrogen) atoms. The Morgan fingerprint density at radius 3 is 2.38 bits per heavy atom. The maximum absolute atomic E-state index is 13.6. The van der Waals surface area contributed by atoms with Gasteiger partial charge in [0.25, 0.3) is 5.91 Å². The molecule has 0 unspecified atom stereocenters. The van der Waals surface area contributed by atoms with Crippen LogP contribution < -0.4 is 4.90 Å². The second-order valence-electron chi connectivity index (χ2n) is 8.02. The first-order valence-corrected chi connectivity index (χ1v) is 11.9. The molecule has 0 bridgehead atoms. The summed E-state index contributed by atoms with van der Waals surface area (Å²) in [5.74, 6) is -1.50. The van der Waals surface area contributed by atoms with Crippen LogP contribution in [-0.4, -0.2) is 38.2 Å². The third-order valence-electron chi connectivity index (χ3n) is 5.86. The summed E-state index contributed by atoms with van der Waals surface area (Å²) in [5, 5.41) is 9.09. The van der Waals surface area contributed by atoms with Gasteiger partial charge in [-0.15, -0.1) is 0 Å². The minimum Gasteiger partial charge on any atom is -0.454 e. The van der Waals surface area contributed by atoms with Gasteiger partial charge in [0.15, 0.2) is 21.2 Å². The molecule has 1 amide bonds. The van der Waals surface area contributed by atoms with Crippen molar-refractivity contribution in [2.45, 2.75) is 49.2 Å². The van der Waals surface area contributed by atoms with Gasteiger partial charge in [0.1, 0.15) is 6.54 Å². The normalized spacial score (nSPS) is 15.0. The molecule has 7 nitrogen and oxygen atoms in total. The molecule has 0 spiro atoms. The Labute approximate surface area is 188 Å². The minimum atomic E-state index is -4.04. The van der Waals surface area contributed by atoms with Gasteiger partial charge in [-0.1, -0.05) is 43.2 Å². The Hall–Kier alpha value is -3.18. The second kappa shape index (κ2) is 9.53. The molecule has 168 valence electrons. The van der Waals surface area contributed by atoms with Crippen molar-refractivity contribution in [2.24, 2.45) is 0 Å². The first-order chi connectivity index (χ1) is 15.2. The van der Waals surface area contributed by atoms with E-state index >= 15 is 0 Å². The smallest absolute Gasteiger partial charge is 0.328 e. The molecule has 2 aromatic rings. The van der Waals surface area contributed by atoms with Crippen LogP contribution in [0.5, 0.6) is 0 Å². The zero-order valence-electron chi connectivity index (χ0n) is 18.2. The van der Waals surface area contributed by atoms with Crippen molar-refractivity contribution in [2.75, 3.05) is 18.1 Å². The second-order valence-corrected chi connectivity index (χ2v) is 10.3. The lowest BCUT2D eigenvalue weighted by Crippen LogP contribution is -2.47. The summed E-state index contributed by atoms with van der Waals surface area (Å²) < 4.78 is 30.9. The van der Waals surface area contributed by atoms with Gasteiger partial charge in [0.05, 0.1) is 11.0 Å². The van der Waals surface area contributed by atoms with Gasteiger partial charge < -0.3 is 4.74 Å². The summed E-state index contributed by atoms with van der Waals surface area (Å²) in [6.45, 7) is 2.64. The maximum atomic E-state index is 13.6. The van der Waals surface area contributed by atoms with Crippen LogP contribution in [0.2, 0.25) is 0 Å². The molecule has 1 aliphatic rings.